The Morgan fingerprint density at radius 3 is 1.07 bits per heavy atom. The first-order valence-corrected chi connectivity index (χ1v) is 15.3. The lowest BCUT2D eigenvalue weighted by molar-refractivity contribution is 0.0193. The quantitative estimate of drug-likeness (QED) is 0.110. The van der Waals surface area contributed by atoms with Crippen molar-refractivity contribution in [3.63, 3.8) is 0 Å². The van der Waals surface area contributed by atoms with Gasteiger partial charge in [0.15, 0.2) is 14.7 Å². The number of rotatable bonds is 7. The van der Waals surface area contributed by atoms with E-state index < -0.39 is 40.6 Å². The predicted octanol–water partition coefficient (Wildman–Crippen LogP) is 8.97. The molecule has 236 valence electrons. The summed E-state index contributed by atoms with van der Waals surface area (Å²) in [5.74, 6) is 1.02. The molecule has 0 bridgehead atoms. The van der Waals surface area contributed by atoms with Crippen LogP contribution >= 0.6 is 0 Å². The lowest BCUT2D eigenvalue weighted by Crippen LogP contribution is -2.26. The summed E-state index contributed by atoms with van der Waals surface area (Å²) in [5, 5.41) is 0. The Morgan fingerprint density at radius 2 is 0.795 bits per heavy atom. The molecule has 0 unspecified atom stereocenters. The molecule has 0 amide bonds. The van der Waals surface area contributed by atoms with E-state index in [1.165, 1.54) is 0 Å². The Hall–Kier alpha value is -4.18. The van der Waals surface area contributed by atoms with Crippen LogP contribution in [-0.2, 0) is 25.1 Å². The molecule has 0 heterocycles. The van der Waals surface area contributed by atoms with Crippen molar-refractivity contribution < 1.29 is 42.8 Å². The molecule has 0 radical (unpaired) electrons. The van der Waals surface area contributed by atoms with Gasteiger partial charge in [-0.2, -0.15) is 0 Å². The lowest BCUT2D eigenvalue weighted by Gasteiger charge is -2.18. The van der Waals surface area contributed by atoms with Crippen LogP contribution in [0, 0.1) is 5.41 Å². The van der Waals surface area contributed by atoms with Crippen molar-refractivity contribution in [3.05, 3.63) is 72.8 Å². The normalized spacial score (nSPS) is 11.9. The summed E-state index contributed by atoms with van der Waals surface area (Å²) >= 11 is 0. The number of hydrogen-bond acceptors (Lipinski definition) is 9. The van der Waals surface area contributed by atoms with E-state index >= 15 is 0 Å². The number of carbonyl (C=O) groups is 3. The summed E-state index contributed by atoms with van der Waals surface area (Å²) in [6.07, 6.45) is -2.35. The lowest BCUT2D eigenvalue weighted by atomic mass is 9.99. The maximum absolute atomic E-state index is 12.2. The highest BCUT2D eigenvalue weighted by Crippen LogP contribution is 2.34. The van der Waals surface area contributed by atoms with Gasteiger partial charge >= 0.3 is 18.5 Å². The van der Waals surface area contributed by atoms with Gasteiger partial charge < -0.3 is 28.4 Å². The minimum atomic E-state index is -0.790. The van der Waals surface area contributed by atoms with E-state index in [-0.39, 0.29) is 12.0 Å². The van der Waals surface area contributed by atoms with Crippen molar-refractivity contribution in [2.75, 3.05) is 6.61 Å². The number of ether oxygens (including phenoxy) is 6. The van der Waals surface area contributed by atoms with Gasteiger partial charge in [0.05, 0.1) is 17.5 Å². The van der Waals surface area contributed by atoms with Crippen LogP contribution in [-0.4, -0.2) is 36.3 Å². The molecular weight excluding hydrogens is 584 g/mol. The summed E-state index contributed by atoms with van der Waals surface area (Å²) in [4.78, 5) is 39.2. The third-order valence-electron chi connectivity index (χ3n) is 5.18. The van der Waals surface area contributed by atoms with Gasteiger partial charge in [0.25, 0.3) is 0 Å². The van der Waals surface area contributed by atoms with E-state index in [1.807, 2.05) is 57.2 Å². The second kappa shape index (κ2) is 14.1. The minimum absolute atomic E-state index is 0.182. The molecule has 3 aromatic rings. The largest absolute Gasteiger partial charge is 0.514 e. The molecule has 10 heteroatoms. The van der Waals surface area contributed by atoms with Gasteiger partial charge in [0, 0.05) is 0 Å². The van der Waals surface area contributed by atoms with E-state index in [2.05, 4.69) is 0 Å². The van der Waals surface area contributed by atoms with Crippen molar-refractivity contribution in [1.82, 2.24) is 0 Å². The molecule has 0 fully saturated rings. The number of benzene rings is 3. The predicted molar refractivity (Wildman–Crippen MR) is 167 cm³/mol. The van der Waals surface area contributed by atoms with Crippen molar-refractivity contribution in [2.24, 2.45) is 5.41 Å². The Balaban J connectivity index is 1.86. The van der Waals surface area contributed by atoms with E-state index in [4.69, 9.17) is 28.4 Å². The summed E-state index contributed by atoms with van der Waals surface area (Å²) in [5.41, 5.74) is -1.54. The van der Waals surface area contributed by atoms with Gasteiger partial charge in [0.1, 0.15) is 28.5 Å². The van der Waals surface area contributed by atoms with Gasteiger partial charge in [-0.1, -0.05) is 20.8 Å². The van der Waals surface area contributed by atoms with E-state index in [0.29, 0.717) is 17.2 Å². The van der Waals surface area contributed by atoms with E-state index in [0.717, 1.165) is 14.7 Å². The summed E-state index contributed by atoms with van der Waals surface area (Å²) < 4.78 is 31.7. The van der Waals surface area contributed by atoms with Crippen LogP contribution in [0.15, 0.2) is 87.5 Å². The first kappa shape index (κ1) is 34.3. The average molecular weight is 626 g/mol. The standard InChI is InChI=1S/C34H41O9S/c1-32(2,3)22-38-29(35)39-23-10-16-26(17-11-23)44(27-18-12-24(13-19-27)40-30(36)42-33(4,5)6)28-20-14-25(15-21-28)41-31(37)43-34(7,8)9/h10-21H,22H2,1-9H3/q+1. The first-order chi connectivity index (χ1) is 20.4. The molecule has 3 rings (SSSR count). The second-order valence-electron chi connectivity index (χ2n) is 13.1. The van der Waals surface area contributed by atoms with Crippen LogP contribution in [0.1, 0.15) is 62.3 Å². The Morgan fingerprint density at radius 1 is 0.500 bits per heavy atom. The van der Waals surface area contributed by atoms with Crippen molar-refractivity contribution in [3.8, 4) is 17.2 Å². The molecule has 0 aromatic heterocycles. The Bertz CT molecular complexity index is 1340. The van der Waals surface area contributed by atoms with Gasteiger partial charge in [0.2, 0.25) is 0 Å². The molecule has 3 aromatic carbocycles. The van der Waals surface area contributed by atoms with Crippen LogP contribution in [0.5, 0.6) is 17.2 Å². The Labute approximate surface area is 262 Å². The molecule has 0 spiro atoms. The maximum atomic E-state index is 12.2. The van der Waals surface area contributed by atoms with Crippen LogP contribution in [0.2, 0.25) is 0 Å². The summed E-state index contributed by atoms with van der Waals surface area (Å²) in [7, 11) is -0.640. The van der Waals surface area contributed by atoms with E-state index in [1.54, 1.807) is 77.9 Å². The summed E-state index contributed by atoms with van der Waals surface area (Å²) in [6.45, 7) is 16.7. The molecule has 44 heavy (non-hydrogen) atoms. The molecule has 0 N–H and O–H groups in total. The fraction of sp³-hybridized carbons (Fsp3) is 0.382. The zero-order valence-corrected chi connectivity index (χ0v) is 27.5. The molecule has 0 saturated heterocycles. The minimum Gasteiger partial charge on any atom is -0.433 e. The fourth-order valence-electron chi connectivity index (χ4n) is 3.47. The average Bonchev–Trinajstić information content (AvgIpc) is 2.88. The zero-order valence-electron chi connectivity index (χ0n) is 26.7. The molecule has 0 saturated carbocycles. The smallest absolute Gasteiger partial charge is 0.433 e. The Kier molecular flexibility index (Phi) is 11.0. The third-order valence-corrected chi connectivity index (χ3v) is 7.41. The third kappa shape index (κ3) is 11.8. The van der Waals surface area contributed by atoms with Crippen LogP contribution in [0.4, 0.5) is 14.4 Å². The van der Waals surface area contributed by atoms with Crippen molar-refractivity contribution in [2.45, 2.75) is 88.2 Å². The number of hydrogen-bond donors (Lipinski definition) is 0. The summed E-state index contributed by atoms with van der Waals surface area (Å²) in [6, 6.07) is 21.4. The molecule has 0 atom stereocenters. The molecular formula is C34H41O9S+. The molecule has 0 aliphatic heterocycles. The second-order valence-corrected chi connectivity index (χ2v) is 15.1. The van der Waals surface area contributed by atoms with Gasteiger partial charge in [-0.05, 0) is 120 Å². The van der Waals surface area contributed by atoms with E-state index in [9.17, 15) is 14.4 Å². The highest BCUT2D eigenvalue weighted by molar-refractivity contribution is 7.97. The van der Waals surface area contributed by atoms with Gasteiger partial charge in [-0.25, -0.2) is 14.4 Å². The fourth-order valence-corrected chi connectivity index (χ4v) is 5.52. The van der Waals surface area contributed by atoms with Crippen LogP contribution in [0.25, 0.3) is 0 Å². The van der Waals surface area contributed by atoms with Crippen molar-refractivity contribution in [1.29, 1.82) is 0 Å². The number of carbonyl (C=O) groups excluding carboxylic acids is 3. The molecule has 0 aliphatic carbocycles. The SMILES string of the molecule is CC(C)(C)COC(=O)Oc1ccc([S+](c2ccc(OC(=O)OC(C)(C)C)cc2)c2ccc(OC(=O)OC(C)(C)C)cc2)cc1. The highest BCUT2D eigenvalue weighted by atomic mass is 32.2. The topological polar surface area (TPSA) is 107 Å². The molecule has 9 nitrogen and oxygen atoms in total. The maximum Gasteiger partial charge on any atom is 0.514 e. The monoisotopic (exact) mass is 625 g/mol. The van der Waals surface area contributed by atoms with Crippen LogP contribution < -0.4 is 14.2 Å². The first-order valence-electron chi connectivity index (χ1n) is 14.1. The van der Waals surface area contributed by atoms with Gasteiger partial charge in [-0.3, -0.25) is 0 Å². The highest BCUT2D eigenvalue weighted by Gasteiger charge is 2.30. The molecule has 0 aliphatic rings. The van der Waals surface area contributed by atoms with Gasteiger partial charge in [-0.15, -0.1) is 0 Å². The van der Waals surface area contributed by atoms with Crippen LogP contribution in [0.3, 0.4) is 0 Å². The zero-order chi connectivity index (χ0) is 32.7. The van der Waals surface area contributed by atoms with Crippen molar-refractivity contribution >= 4 is 29.4 Å².